The summed E-state index contributed by atoms with van der Waals surface area (Å²) >= 11 is 3.34. The Hall–Kier alpha value is -3.98. The van der Waals surface area contributed by atoms with Gasteiger partial charge in [-0.2, -0.15) is 5.10 Å². The summed E-state index contributed by atoms with van der Waals surface area (Å²) in [7, 11) is 1.47. The maximum atomic E-state index is 12.3. The van der Waals surface area contributed by atoms with E-state index in [9.17, 15) is 14.4 Å². The number of nitrogens with zero attached hydrogens (tertiary/aromatic N) is 1. The van der Waals surface area contributed by atoms with Gasteiger partial charge in [0, 0.05) is 17.4 Å². The highest BCUT2D eigenvalue weighted by Crippen LogP contribution is 2.28. The Kier molecular flexibility index (Phi) is 9.56. The summed E-state index contributed by atoms with van der Waals surface area (Å²) in [4.78, 5) is 36.4. The van der Waals surface area contributed by atoms with Crippen LogP contribution in [-0.4, -0.2) is 37.7 Å². The fourth-order valence-electron chi connectivity index (χ4n) is 3.01. The molecule has 35 heavy (non-hydrogen) atoms. The number of nitrogens with one attached hydrogen (secondary N) is 2. The maximum Gasteiger partial charge on any atom is 0.343 e. The van der Waals surface area contributed by atoms with E-state index >= 15 is 0 Å². The van der Waals surface area contributed by atoms with Gasteiger partial charge in [0.05, 0.1) is 24.5 Å². The van der Waals surface area contributed by atoms with Gasteiger partial charge < -0.3 is 14.8 Å². The standard InChI is InChI=1S/C26H24BrN3O5/c1-34-23-16-18(13-14-22(23)35-26(33)19-8-3-2-4-9-19)17-29-30-24(31)12-7-15-28-25(32)20-10-5-6-11-21(20)27/h2-6,8-11,13-14,16-17H,7,12,15H2,1H3,(H,28,32)(H,30,31)/b29-17+. The van der Waals surface area contributed by atoms with Crippen molar-refractivity contribution >= 4 is 39.9 Å². The zero-order chi connectivity index (χ0) is 25.0. The molecule has 0 radical (unpaired) electrons. The highest BCUT2D eigenvalue weighted by atomic mass is 79.9. The number of methoxy groups -OCH3 is 1. The van der Waals surface area contributed by atoms with Crippen LogP contribution in [0.4, 0.5) is 0 Å². The van der Waals surface area contributed by atoms with Gasteiger partial charge >= 0.3 is 5.97 Å². The number of rotatable bonds is 10. The minimum atomic E-state index is -0.495. The van der Waals surface area contributed by atoms with Gasteiger partial charge in [0.15, 0.2) is 11.5 Å². The van der Waals surface area contributed by atoms with Crippen molar-refractivity contribution in [3.05, 3.63) is 94.0 Å². The lowest BCUT2D eigenvalue weighted by atomic mass is 10.2. The first-order chi connectivity index (χ1) is 17.0. The van der Waals surface area contributed by atoms with Crippen molar-refractivity contribution in [2.45, 2.75) is 12.8 Å². The average Bonchev–Trinajstić information content (AvgIpc) is 2.88. The van der Waals surface area contributed by atoms with E-state index in [0.29, 0.717) is 39.9 Å². The second-order valence-corrected chi connectivity index (χ2v) is 8.15. The third kappa shape index (κ3) is 7.79. The number of amides is 2. The number of carbonyl (C=O) groups is 3. The molecular weight excluding hydrogens is 514 g/mol. The van der Waals surface area contributed by atoms with E-state index in [-0.39, 0.29) is 24.0 Å². The first-order valence-electron chi connectivity index (χ1n) is 10.8. The minimum Gasteiger partial charge on any atom is -0.493 e. The smallest absolute Gasteiger partial charge is 0.343 e. The number of hydrazone groups is 1. The number of ether oxygens (including phenoxy) is 2. The minimum absolute atomic E-state index is 0.200. The monoisotopic (exact) mass is 537 g/mol. The van der Waals surface area contributed by atoms with Gasteiger partial charge in [-0.1, -0.05) is 30.3 Å². The zero-order valence-electron chi connectivity index (χ0n) is 19.0. The Morgan fingerprint density at radius 2 is 1.71 bits per heavy atom. The van der Waals surface area contributed by atoms with Crippen LogP contribution in [0.3, 0.4) is 0 Å². The molecule has 9 heteroatoms. The van der Waals surface area contributed by atoms with Crippen LogP contribution in [0.1, 0.15) is 39.1 Å². The van der Waals surface area contributed by atoms with Crippen molar-refractivity contribution in [2.24, 2.45) is 5.10 Å². The highest BCUT2D eigenvalue weighted by Gasteiger charge is 2.12. The van der Waals surface area contributed by atoms with Crippen molar-refractivity contribution in [1.29, 1.82) is 0 Å². The predicted octanol–water partition coefficient (Wildman–Crippen LogP) is 4.34. The fraction of sp³-hybridized carbons (Fsp3) is 0.154. The Morgan fingerprint density at radius 3 is 2.46 bits per heavy atom. The summed E-state index contributed by atoms with van der Waals surface area (Å²) in [6.45, 7) is 0.359. The fourth-order valence-corrected chi connectivity index (χ4v) is 3.47. The molecule has 3 aromatic rings. The lowest BCUT2D eigenvalue weighted by molar-refractivity contribution is -0.121. The lowest BCUT2D eigenvalue weighted by Gasteiger charge is -2.10. The van der Waals surface area contributed by atoms with E-state index in [0.717, 1.165) is 0 Å². The molecule has 3 rings (SSSR count). The Bertz CT molecular complexity index is 1210. The van der Waals surface area contributed by atoms with E-state index in [1.807, 2.05) is 12.1 Å². The van der Waals surface area contributed by atoms with Gasteiger partial charge in [0.1, 0.15) is 0 Å². The number of carbonyl (C=O) groups excluding carboxylic acids is 3. The third-order valence-corrected chi connectivity index (χ3v) is 5.48. The second kappa shape index (κ2) is 13.0. The second-order valence-electron chi connectivity index (χ2n) is 7.30. The summed E-state index contributed by atoms with van der Waals surface area (Å²) < 4.78 is 11.4. The van der Waals surface area contributed by atoms with Crippen LogP contribution < -0.4 is 20.2 Å². The summed E-state index contributed by atoms with van der Waals surface area (Å²) in [6.07, 6.45) is 2.12. The largest absolute Gasteiger partial charge is 0.493 e. The molecule has 0 aliphatic carbocycles. The molecule has 8 nitrogen and oxygen atoms in total. The molecule has 0 saturated heterocycles. The van der Waals surface area contributed by atoms with E-state index in [2.05, 4.69) is 31.8 Å². The van der Waals surface area contributed by atoms with Crippen LogP contribution in [-0.2, 0) is 4.79 Å². The number of hydrogen-bond donors (Lipinski definition) is 2. The van der Waals surface area contributed by atoms with Gasteiger partial charge in [0.2, 0.25) is 5.91 Å². The average molecular weight is 538 g/mol. The molecule has 0 spiro atoms. The van der Waals surface area contributed by atoms with E-state index < -0.39 is 5.97 Å². The van der Waals surface area contributed by atoms with Gasteiger partial charge in [-0.25, -0.2) is 10.2 Å². The summed E-state index contributed by atoms with van der Waals surface area (Å²) in [6, 6.07) is 20.7. The molecule has 0 aliphatic rings. The molecule has 0 atom stereocenters. The zero-order valence-corrected chi connectivity index (χ0v) is 20.6. The quantitative estimate of drug-likeness (QED) is 0.131. The van der Waals surface area contributed by atoms with E-state index in [1.165, 1.54) is 13.3 Å². The summed E-state index contributed by atoms with van der Waals surface area (Å²) in [5.41, 5.74) is 4.06. The van der Waals surface area contributed by atoms with Crippen molar-refractivity contribution in [1.82, 2.24) is 10.7 Å². The third-order valence-electron chi connectivity index (χ3n) is 4.79. The van der Waals surface area contributed by atoms with Gasteiger partial charge in [0.25, 0.3) is 5.91 Å². The topological polar surface area (TPSA) is 106 Å². The maximum absolute atomic E-state index is 12.3. The van der Waals surface area contributed by atoms with Crippen LogP contribution >= 0.6 is 15.9 Å². The van der Waals surface area contributed by atoms with Gasteiger partial charge in [-0.15, -0.1) is 0 Å². The Balaban J connectivity index is 1.44. The summed E-state index contributed by atoms with van der Waals surface area (Å²) in [5.74, 6) is -0.359. The normalized spacial score (nSPS) is 10.6. The molecule has 0 aliphatic heterocycles. The molecule has 180 valence electrons. The lowest BCUT2D eigenvalue weighted by Crippen LogP contribution is -2.26. The van der Waals surface area contributed by atoms with Crippen molar-refractivity contribution < 1.29 is 23.9 Å². The Labute approximate surface area is 211 Å². The van der Waals surface area contributed by atoms with Gasteiger partial charge in [-0.05, 0) is 70.4 Å². The molecule has 0 heterocycles. The van der Waals surface area contributed by atoms with Crippen LogP contribution in [0.5, 0.6) is 11.5 Å². The highest BCUT2D eigenvalue weighted by molar-refractivity contribution is 9.10. The van der Waals surface area contributed by atoms with Crippen LogP contribution in [0.15, 0.2) is 82.4 Å². The van der Waals surface area contributed by atoms with Crippen LogP contribution in [0, 0.1) is 0 Å². The van der Waals surface area contributed by atoms with Crippen molar-refractivity contribution in [3.8, 4) is 11.5 Å². The number of hydrogen-bond acceptors (Lipinski definition) is 6. The number of benzene rings is 3. The summed E-state index contributed by atoms with van der Waals surface area (Å²) in [5, 5.41) is 6.73. The van der Waals surface area contributed by atoms with Crippen LogP contribution in [0.25, 0.3) is 0 Å². The van der Waals surface area contributed by atoms with Gasteiger partial charge in [-0.3, -0.25) is 9.59 Å². The molecule has 0 aromatic heterocycles. The first-order valence-corrected chi connectivity index (χ1v) is 11.6. The molecule has 0 saturated carbocycles. The molecule has 0 unspecified atom stereocenters. The molecule has 3 aromatic carbocycles. The van der Waals surface area contributed by atoms with Crippen molar-refractivity contribution in [2.75, 3.05) is 13.7 Å². The predicted molar refractivity (Wildman–Crippen MR) is 136 cm³/mol. The van der Waals surface area contributed by atoms with E-state index in [1.54, 1.807) is 60.7 Å². The Morgan fingerprint density at radius 1 is 0.971 bits per heavy atom. The van der Waals surface area contributed by atoms with E-state index in [4.69, 9.17) is 9.47 Å². The van der Waals surface area contributed by atoms with Crippen molar-refractivity contribution in [3.63, 3.8) is 0 Å². The molecule has 0 bridgehead atoms. The molecule has 2 amide bonds. The number of esters is 1. The number of halogens is 1. The molecular formula is C26H24BrN3O5. The molecule has 0 fully saturated rings. The first kappa shape index (κ1) is 25.6. The molecule has 2 N–H and O–H groups in total. The van der Waals surface area contributed by atoms with Crippen LogP contribution in [0.2, 0.25) is 0 Å². The SMILES string of the molecule is COc1cc(/C=N/NC(=O)CCCNC(=O)c2ccccc2Br)ccc1OC(=O)c1ccccc1.